The summed E-state index contributed by atoms with van der Waals surface area (Å²) in [5.74, 6) is 0.885. The zero-order chi connectivity index (χ0) is 14.8. The molecule has 3 nitrogen and oxygen atoms in total. The molecule has 3 N–H and O–H groups in total. The van der Waals surface area contributed by atoms with Gasteiger partial charge in [-0.2, -0.15) is 0 Å². The molecule has 0 aromatic heterocycles. The maximum Gasteiger partial charge on any atom is 0.122 e. The largest absolute Gasteiger partial charge is 0.496 e. The Balaban J connectivity index is 2.32. The number of nitrogens with two attached hydrogens (primary N) is 1. The van der Waals surface area contributed by atoms with Crippen molar-refractivity contribution in [2.75, 3.05) is 13.7 Å². The number of aliphatic hydroxyl groups is 1. The molecule has 0 saturated heterocycles. The Hall–Kier alpha value is -1.06. The molecule has 20 heavy (non-hydrogen) atoms. The lowest BCUT2D eigenvalue weighted by Gasteiger charge is -2.49. The van der Waals surface area contributed by atoms with Crippen molar-refractivity contribution in [1.29, 1.82) is 0 Å². The maximum absolute atomic E-state index is 10.9. The number of rotatable bonds is 4. The molecule has 0 amide bonds. The fraction of sp³-hybridized carbons (Fsp3) is 0.647. The third-order valence-electron chi connectivity index (χ3n) is 4.96. The van der Waals surface area contributed by atoms with E-state index in [4.69, 9.17) is 10.5 Å². The van der Waals surface area contributed by atoms with E-state index in [0.29, 0.717) is 6.54 Å². The third-order valence-corrected chi connectivity index (χ3v) is 4.96. The zero-order valence-corrected chi connectivity index (χ0v) is 12.9. The van der Waals surface area contributed by atoms with Gasteiger partial charge in [0.1, 0.15) is 5.75 Å². The molecular weight excluding hydrogens is 250 g/mol. The molecule has 0 radical (unpaired) electrons. The molecule has 112 valence electrons. The second-order valence-electron chi connectivity index (χ2n) is 6.80. The summed E-state index contributed by atoms with van der Waals surface area (Å²) in [5, 5.41) is 10.9. The van der Waals surface area contributed by atoms with Crippen molar-refractivity contribution >= 4 is 0 Å². The summed E-state index contributed by atoms with van der Waals surface area (Å²) in [5.41, 5.74) is 6.92. The molecule has 1 fully saturated rings. The van der Waals surface area contributed by atoms with E-state index >= 15 is 0 Å². The number of ether oxygens (including phenoxy) is 1. The molecule has 2 unspecified atom stereocenters. The van der Waals surface area contributed by atoms with Crippen LogP contribution < -0.4 is 10.5 Å². The van der Waals surface area contributed by atoms with Crippen molar-refractivity contribution in [3.63, 3.8) is 0 Å². The van der Waals surface area contributed by atoms with E-state index < -0.39 is 0 Å². The summed E-state index contributed by atoms with van der Waals surface area (Å²) in [6.07, 6.45) is 3.56. The van der Waals surface area contributed by atoms with Crippen LogP contribution in [-0.2, 0) is 6.42 Å². The first-order valence-corrected chi connectivity index (χ1v) is 7.45. The highest BCUT2D eigenvalue weighted by Crippen LogP contribution is 2.48. The first kappa shape index (κ1) is 15.3. The van der Waals surface area contributed by atoms with Gasteiger partial charge in [0.25, 0.3) is 0 Å². The van der Waals surface area contributed by atoms with E-state index in [0.717, 1.165) is 37.0 Å². The normalized spacial score (nSPS) is 29.1. The molecule has 1 aliphatic rings. The molecule has 3 heteroatoms. The van der Waals surface area contributed by atoms with Crippen molar-refractivity contribution in [2.45, 2.75) is 45.6 Å². The number of hydrogen-bond donors (Lipinski definition) is 2. The van der Waals surface area contributed by atoms with Crippen LogP contribution >= 0.6 is 0 Å². The van der Waals surface area contributed by atoms with Crippen LogP contribution in [0.25, 0.3) is 0 Å². The van der Waals surface area contributed by atoms with Gasteiger partial charge in [-0.3, -0.25) is 0 Å². The van der Waals surface area contributed by atoms with Gasteiger partial charge < -0.3 is 15.6 Å². The Kier molecular flexibility index (Phi) is 4.40. The van der Waals surface area contributed by atoms with Gasteiger partial charge in [0, 0.05) is 12.0 Å². The lowest BCUT2D eigenvalue weighted by atomic mass is 9.59. The third kappa shape index (κ3) is 2.70. The molecule has 0 bridgehead atoms. The highest BCUT2D eigenvalue weighted by molar-refractivity contribution is 5.34. The van der Waals surface area contributed by atoms with Gasteiger partial charge >= 0.3 is 0 Å². The minimum Gasteiger partial charge on any atom is -0.496 e. The highest BCUT2D eigenvalue weighted by Gasteiger charge is 2.48. The lowest BCUT2D eigenvalue weighted by Crippen LogP contribution is -2.53. The van der Waals surface area contributed by atoms with E-state index in [2.05, 4.69) is 19.9 Å². The molecule has 1 saturated carbocycles. The molecular formula is C17H27NO2. The molecule has 2 rings (SSSR count). The van der Waals surface area contributed by atoms with Gasteiger partial charge in [-0.1, -0.05) is 38.5 Å². The average molecular weight is 277 g/mol. The van der Waals surface area contributed by atoms with Crippen LogP contribution in [0.5, 0.6) is 5.75 Å². The average Bonchev–Trinajstić information content (AvgIpc) is 2.44. The molecule has 2 atom stereocenters. The quantitative estimate of drug-likeness (QED) is 0.889. The van der Waals surface area contributed by atoms with Gasteiger partial charge in [0.05, 0.1) is 13.2 Å². The number of benzene rings is 1. The predicted molar refractivity (Wildman–Crippen MR) is 81.8 cm³/mol. The molecule has 0 spiro atoms. The van der Waals surface area contributed by atoms with Gasteiger partial charge in [-0.25, -0.2) is 0 Å². The number of hydrogen-bond acceptors (Lipinski definition) is 3. The van der Waals surface area contributed by atoms with Crippen LogP contribution in [-0.4, -0.2) is 24.9 Å². The summed E-state index contributed by atoms with van der Waals surface area (Å²) >= 11 is 0. The molecule has 1 aliphatic carbocycles. The van der Waals surface area contributed by atoms with Crippen LogP contribution in [0.15, 0.2) is 24.3 Å². The van der Waals surface area contributed by atoms with E-state index in [1.807, 2.05) is 18.2 Å². The van der Waals surface area contributed by atoms with Crippen LogP contribution in [0.2, 0.25) is 0 Å². The minimum atomic E-state index is -0.376. The lowest BCUT2D eigenvalue weighted by molar-refractivity contribution is -0.0886. The Morgan fingerprint density at radius 2 is 2.00 bits per heavy atom. The molecule has 0 aliphatic heterocycles. The van der Waals surface area contributed by atoms with Crippen molar-refractivity contribution in [2.24, 2.45) is 16.6 Å². The molecule has 1 aromatic rings. The van der Waals surface area contributed by atoms with Gasteiger partial charge in [0.15, 0.2) is 0 Å². The summed E-state index contributed by atoms with van der Waals surface area (Å²) < 4.78 is 5.44. The maximum atomic E-state index is 10.9. The highest BCUT2D eigenvalue weighted by atomic mass is 16.5. The summed E-state index contributed by atoms with van der Waals surface area (Å²) in [4.78, 5) is 0. The first-order chi connectivity index (χ1) is 9.45. The van der Waals surface area contributed by atoms with Crippen LogP contribution in [0.1, 0.15) is 38.7 Å². The fourth-order valence-corrected chi connectivity index (χ4v) is 3.70. The summed E-state index contributed by atoms with van der Waals surface area (Å²) in [6.45, 7) is 4.79. The smallest absolute Gasteiger partial charge is 0.122 e. The number of para-hydroxylation sites is 1. The summed E-state index contributed by atoms with van der Waals surface area (Å²) in [7, 11) is 1.69. The van der Waals surface area contributed by atoms with Gasteiger partial charge in [0.2, 0.25) is 0 Å². The Bertz CT molecular complexity index is 458. The Morgan fingerprint density at radius 3 is 2.65 bits per heavy atom. The van der Waals surface area contributed by atoms with E-state index in [-0.39, 0.29) is 16.9 Å². The topological polar surface area (TPSA) is 55.5 Å². The SMILES string of the molecule is COc1ccccc1CC1(CN)CCCC(C)(C)C1O. The minimum absolute atomic E-state index is 0.0698. The van der Waals surface area contributed by atoms with E-state index in [1.165, 1.54) is 0 Å². The van der Waals surface area contributed by atoms with E-state index in [9.17, 15) is 5.11 Å². The predicted octanol–water partition coefficient (Wildman–Crippen LogP) is 2.75. The van der Waals surface area contributed by atoms with Crippen molar-refractivity contribution in [1.82, 2.24) is 0 Å². The molecule has 0 heterocycles. The van der Waals surface area contributed by atoms with Crippen molar-refractivity contribution in [3.8, 4) is 5.75 Å². The fourth-order valence-electron chi connectivity index (χ4n) is 3.70. The van der Waals surface area contributed by atoms with Gasteiger partial charge in [-0.05, 0) is 36.3 Å². The van der Waals surface area contributed by atoms with Gasteiger partial charge in [-0.15, -0.1) is 0 Å². The second kappa shape index (κ2) is 5.74. The Morgan fingerprint density at radius 1 is 1.30 bits per heavy atom. The van der Waals surface area contributed by atoms with Crippen LogP contribution in [0.4, 0.5) is 0 Å². The zero-order valence-electron chi connectivity index (χ0n) is 12.9. The summed E-state index contributed by atoms with van der Waals surface area (Å²) in [6, 6.07) is 8.03. The molecule has 1 aromatic carbocycles. The number of methoxy groups -OCH3 is 1. The Labute approximate surface area is 122 Å². The number of aliphatic hydroxyl groups excluding tert-OH is 1. The monoisotopic (exact) mass is 277 g/mol. The van der Waals surface area contributed by atoms with E-state index in [1.54, 1.807) is 7.11 Å². The first-order valence-electron chi connectivity index (χ1n) is 7.45. The second-order valence-corrected chi connectivity index (χ2v) is 6.80. The standard InChI is InChI=1S/C17H27NO2/c1-16(2)9-6-10-17(12-18,15(16)19)11-13-7-4-5-8-14(13)20-3/h4-5,7-8,15,19H,6,9-12,18H2,1-3H3. The van der Waals surface area contributed by atoms with Crippen molar-refractivity contribution in [3.05, 3.63) is 29.8 Å². The van der Waals surface area contributed by atoms with Crippen LogP contribution in [0, 0.1) is 10.8 Å². The van der Waals surface area contributed by atoms with Crippen molar-refractivity contribution < 1.29 is 9.84 Å². The van der Waals surface area contributed by atoms with Crippen LogP contribution in [0.3, 0.4) is 0 Å².